The van der Waals surface area contributed by atoms with Gasteiger partial charge in [-0.05, 0) is 51.1 Å². The molecule has 178 valence electrons. The van der Waals surface area contributed by atoms with E-state index in [1.54, 1.807) is 14.2 Å². The Morgan fingerprint density at radius 1 is 1.03 bits per heavy atom. The van der Waals surface area contributed by atoms with E-state index in [0.717, 1.165) is 22.3 Å². The smallest absolute Gasteiger partial charge is 0.407 e. The molecule has 0 radical (unpaired) electrons. The highest BCUT2D eigenvalue weighted by atomic mass is 16.6. The number of carbonyl (C=O) groups is 1. The van der Waals surface area contributed by atoms with E-state index < -0.39 is 11.7 Å². The summed E-state index contributed by atoms with van der Waals surface area (Å²) < 4.78 is 18.2. The van der Waals surface area contributed by atoms with E-state index in [9.17, 15) is 4.79 Å². The summed E-state index contributed by atoms with van der Waals surface area (Å²) in [6, 6.07) is 13.7. The standard InChI is InChI=1S/C25H29N5O4/c1-25(2,3)34-24(31)27-13-12-26-22-23-28-15-19(16-10-11-20(32-4)21(14-16)33-5)30(23)18-9-7-6-8-17(18)29-22/h6-11,14-15H,12-13H2,1-5H3,(H,26,29)(H,27,31). The SMILES string of the molecule is COc1ccc(-c2cnc3c(NCCNC(=O)OC(C)(C)C)nc4ccccc4n23)cc1OC. The van der Waals surface area contributed by atoms with Crippen LogP contribution in [0, 0.1) is 0 Å². The van der Waals surface area contributed by atoms with Crippen LogP contribution in [-0.2, 0) is 4.74 Å². The van der Waals surface area contributed by atoms with Crippen molar-refractivity contribution < 1.29 is 19.0 Å². The van der Waals surface area contributed by atoms with E-state index >= 15 is 0 Å². The molecular formula is C25H29N5O4. The van der Waals surface area contributed by atoms with E-state index in [-0.39, 0.29) is 0 Å². The number of fused-ring (bicyclic) bond motifs is 3. The van der Waals surface area contributed by atoms with Crippen LogP contribution in [0.25, 0.3) is 27.9 Å². The van der Waals surface area contributed by atoms with Gasteiger partial charge in [0, 0.05) is 18.7 Å². The quantitative estimate of drug-likeness (QED) is 0.389. The molecule has 2 aromatic heterocycles. The van der Waals surface area contributed by atoms with Gasteiger partial charge in [-0.25, -0.2) is 14.8 Å². The maximum Gasteiger partial charge on any atom is 0.407 e. The third-order valence-electron chi connectivity index (χ3n) is 5.09. The van der Waals surface area contributed by atoms with E-state index in [0.29, 0.717) is 36.1 Å². The van der Waals surface area contributed by atoms with Gasteiger partial charge >= 0.3 is 6.09 Å². The Hall–Kier alpha value is -4.01. The molecule has 2 N–H and O–H groups in total. The molecule has 0 unspecified atom stereocenters. The van der Waals surface area contributed by atoms with Gasteiger partial charge < -0.3 is 24.8 Å². The second-order valence-corrected chi connectivity index (χ2v) is 8.68. The number of nitrogens with one attached hydrogen (secondary N) is 2. The zero-order valence-electron chi connectivity index (χ0n) is 20.0. The van der Waals surface area contributed by atoms with Crippen LogP contribution >= 0.6 is 0 Å². The number of alkyl carbamates (subject to hydrolysis) is 1. The fourth-order valence-electron chi connectivity index (χ4n) is 3.66. The summed E-state index contributed by atoms with van der Waals surface area (Å²) in [5.41, 5.74) is 3.71. The van der Waals surface area contributed by atoms with Crippen LogP contribution in [0.1, 0.15) is 20.8 Å². The minimum atomic E-state index is -0.542. The monoisotopic (exact) mass is 463 g/mol. The molecule has 0 saturated heterocycles. The van der Waals surface area contributed by atoms with Gasteiger partial charge in [0.1, 0.15) is 5.60 Å². The first-order valence-electron chi connectivity index (χ1n) is 11.0. The number of methoxy groups -OCH3 is 2. The molecule has 0 aliphatic carbocycles. The topological polar surface area (TPSA) is 99.0 Å². The minimum Gasteiger partial charge on any atom is -0.493 e. The minimum absolute atomic E-state index is 0.374. The highest BCUT2D eigenvalue weighted by Crippen LogP contribution is 2.34. The summed E-state index contributed by atoms with van der Waals surface area (Å²) in [7, 11) is 3.23. The summed E-state index contributed by atoms with van der Waals surface area (Å²) in [5, 5.41) is 6.04. The van der Waals surface area contributed by atoms with E-state index in [1.165, 1.54) is 0 Å². The van der Waals surface area contributed by atoms with E-state index in [2.05, 4.69) is 20.0 Å². The predicted octanol–water partition coefficient (Wildman–Crippen LogP) is 4.50. The Morgan fingerprint density at radius 3 is 2.53 bits per heavy atom. The van der Waals surface area contributed by atoms with Crippen molar-refractivity contribution in [3.05, 3.63) is 48.7 Å². The number of benzene rings is 2. The van der Waals surface area contributed by atoms with Crippen molar-refractivity contribution in [2.24, 2.45) is 0 Å². The second-order valence-electron chi connectivity index (χ2n) is 8.68. The van der Waals surface area contributed by atoms with Crippen LogP contribution in [0.2, 0.25) is 0 Å². The molecule has 4 aromatic rings. The van der Waals surface area contributed by atoms with Gasteiger partial charge in [0.05, 0.1) is 37.1 Å². The molecule has 0 aliphatic rings. The summed E-state index contributed by atoms with van der Waals surface area (Å²) in [6.45, 7) is 6.32. The molecule has 2 aromatic carbocycles. The third kappa shape index (κ3) is 4.83. The molecule has 0 aliphatic heterocycles. The Labute approximate surface area is 198 Å². The Bertz CT molecular complexity index is 1330. The van der Waals surface area contributed by atoms with Gasteiger partial charge in [-0.1, -0.05) is 12.1 Å². The lowest BCUT2D eigenvalue weighted by molar-refractivity contribution is 0.0530. The zero-order valence-corrected chi connectivity index (χ0v) is 20.0. The van der Waals surface area contributed by atoms with Gasteiger partial charge in [0.15, 0.2) is 23.0 Å². The molecule has 0 saturated carbocycles. The molecule has 2 heterocycles. The molecule has 4 rings (SSSR count). The first-order valence-corrected chi connectivity index (χ1v) is 11.0. The zero-order chi connectivity index (χ0) is 24.3. The Kier molecular flexibility index (Phi) is 6.45. The molecule has 0 fully saturated rings. The second kappa shape index (κ2) is 9.46. The first kappa shape index (κ1) is 23.2. The lowest BCUT2D eigenvalue weighted by Gasteiger charge is -2.19. The summed E-state index contributed by atoms with van der Waals surface area (Å²) in [5.74, 6) is 1.92. The van der Waals surface area contributed by atoms with Gasteiger partial charge in [-0.2, -0.15) is 0 Å². The number of aromatic nitrogens is 3. The number of imidazole rings is 1. The highest BCUT2D eigenvalue weighted by molar-refractivity contribution is 5.86. The fraction of sp³-hybridized carbons (Fsp3) is 0.320. The molecule has 1 amide bonds. The Morgan fingerprint density at radius 2 is 1.79 bits per heavy atom. The molecule has 0 atom stereocenters. The summed E-state index contributed by atoms with van der Waals surface area (Å²) in [6.07, 6.45) is 1.36. The van der Waals surface area contributed by atoms with Crippen molar-refractivity contribution >= 4 is 28.6 Å². The number of anilines is 1. The van der Waals surface area contributed by atoms with Crippen molar-refractivity contribution in [1.82, 2.24) is 19.7 Å². The molecule has 9 heteroatoms. The number of amides is 1. The number of hydrogen-bond donors (Lipinski definition) is 2. The first-order chi connectivity index (χ1) is 16.3. The van der Waals surface area contributed by atoms with Gasteiger partial charge in [0.2, 0.25) is 0 Å². The average Bonchev–Trinajstić information content (AvgIpc) is 3.26. The van der Waals surface area contributed by atoms with Crippen LogP contribution in [0.4, 0.5) is 10.6 Å². The molecule has 9 nitrogen and oxygen atoms in total. The number of rotatable bonds is 7. The van der Waals surface area contributed by atoms with Crippen molar-refractivity contribution in [1.29, 1.82) is 0 Å². The summed E-state index contributed by atoms with van der Waals surface area (Å²) >= 11 is 0. The fourth-order valence-corrected chi connectivity index (χ4v) is 3.66. The average molecular weight is 464 g/mol. The number of ether oxygens (including phenoxy) is 3. The third-order valence-corrected chi connectivity index (χ3v) is 5.09. The van der Waals surface area contributed by atoms with Crippen LogP contribution < -0.4 is 20.1 Å². The molecule has 0 spiro atoms. The van der Waals surface area contributed by atoms with Crippen LogP contribution in [0.15, 0.2) is 48.7 Å². The van der Waals surface area contributed by atoms with E-state index in [1.807, 2.05) is 69.4 Å². The predicted molar refractivity (Wildman–Crippen MR) is 132 cm³/mol. The van der Waals surface area contributed by atoms with Crippen LogP contribution in [0.3, 0.4) is 0 Å². The number of carbonyl (C=O) groups excluding carboxylic acids is 1. The number of para-hydroxylation sites is 2. The Balaban J connectivity index is 1.66. The van der Waals surface area contributed by atoms with Crippen molar-refractivity contribution in [2.45, 2.75) is 26.4 Å². The van der Waals surface area contributed by atoms with Gasteiger partial charge in [0.25, 0.3) is 0 Å². The maximum absolute atomic E-state index is 11.9. The normalized spacial score (nSPS) is 11.4. The summed E-state index contributed by atoms with van der Waals surface area (Å²) in [4.78, 5) is 21.3. The molecular weight excluding hydrogens is 434 g/mol. The highest BCUT2D eigenvalue weighted by Gasteiger charge is 2.17. The van der Waals surface area contributed by atoms with Crippen molar-refractivity contribution in [2.75, 3.05) is 32.6 Å². The number of nitrogens with zero attached hydrogens (tertiary/aromatic N) is 3. The van der Waals surface area contributed by atoms with Crippen molar-refractivity contribution in [3.63, 3.8) is 0 Å². The van der Waals surface area contributed by atoms with E-state index in [4.69, 9.17) is 19.2 Å². The lowest BCUT2D eigenvalue weighted by atomic mass is 10.1. The number of hydrogen-bond acceptors (Lipinski definition) is 7. The van der Waals surface area contributed by atoms with Crippen LogP contribution in [-0.4, -0.2) is 53.4 Å². The van der Waals surface area contributed by atoms with Gasteiger partial charge in [-0.15, -0.1) is 0 Å². The lowest BCUT2D eigenvalue weighted by Crippen LogP contribution is -2.35. The van der Waals surface area contributed by atoms with Crippen molar-refractivity contribution in [3.8, 4) is 22.8 Å². The largest absolute Gasteiger partial charge is 0.493 e. The molecule has 34 heavy (non-hydrogen) atoms. The molecule has 0 bridgehead atoms. The maximum atomic E-state index is 11.9. The van der Waals surface area contributed by atoms with Gasteiger partial charge in [-0.3, -0.25) is 4.40 Å². The van der Waals surface area contributed by atoms with Crippen LogP contribution in [0.5, 0.6) is 11.5 Å².